The SMILES string of the molecule is Cc1cc(C)c(C)c(OCc2ccnc(C(=O)O)c2)c1. The average Bonchev–Trinajstić information content (AvgIpc) is 2.41. The molecule has 4 heteroatoms. The summed E-state index contributed by atoms with van der Waals surface area (Å²) in [5, 5.41) is 8.91. The monoisotopic (exact) mass is 271 g/mol. The molecule has 4 nitrogen and oxygen atoms in total. The van der Waals surface area contributed by atoms with Gasteiger partial charge in [-0.25, -0.2) is 9.78 Å². The van der Waals surface area contributed by atoms with Gasteiger partial charge in [0, 0.05) is 6.20 Å². The number of aromatic carboxylic acids is 1. The lowest BCUT2D eigenvalue weighted by Crippen LogP contribution is -2.03. The molecule has 0 unspecified atom stereocenters. The Hall–Kier alpha value is -2.36. The van der Waals surface area contributed by atoms with Gasteiger partial charge in [0.25, 0.3) is 0 Å². The van der Waals surface area contributed by atoms with Crippen LogP contribution in [0.15, 0.2) is 30.5 Å². The van der Waals surface area contributed by atoms with Crippen LogP contribution in [0.1, 0.15) is 32.7 Å². The summed E-state index contributed by atoms with van der Waals surface area (Å²) in [4.78, 5) is 14.7. The van der Waals surface area contributed by atoms with Crippen molar-refractivity contribution in [2.45, 2.75) is 27.4 Å². The minimum atomic E-state index is -1.03. The van der Waals surface area contributed by atoms with Gasteiger partial charge in [0.1, 0.15) is 18.1 Å². The quantitative estimate of drug-likeness (QED) is 0.927. The Balaban J connectivity index is 2.17. The molecule has 0 bridgehead atoms. The third-order valence-electron chi connectivity index (χ3n) is 3.20. The third-order valence-corrected chi connectivity index (χ3v) is 3.20. The first-order valence-corrected chi connectivity index (χ1v) is 6.36. The van der Waals surface area contributed by atoms with Crippen LogP contribution in [0.4, 0.5) is 0 Å². The Kier molecular flexibility index (Phi) is 4.03. The molecule has 0 amide bonds. The molecule has 0 aliphatic carbocycles. The Labute approximate surface area is 118 Å². The zero-order valence-electron chi connectivity index (χ0n) is 11.8. The van der Waals surface area contributed by atoms with Crippen LogP contribution in [0.25, 0.3) is 0 Å². The standard InChI is InChI=1S/C16H17NO3/c1-10-6-11(2)12(3)15(7-10)20-9-13-4-5-17-14(8-13)16(18)19/h4-8H,9H2,1-3H3,(H,18,19). The van der Waals surface area contributed by atoms with E-state index < -0.39 is 5.97 Å². The van der Waals surface area contributed by atoms with Crippen LogP contribution < -0.4 is 4.74 Å². The van der Waals surface area contributed by atoms with Crippen molar-refractivity contribution in [1.29, 1.82) is 0 Å². The zero-order chi connectivity index (χ0) is 14.7. The molecule has 0 atom stereocenters. The van der Waals surface area contributed by atoms with Gasteiger partial charge < -0.3 is 9.84 Å². The highest BCUT2D eigenvalue weighted by Crippen LogP contribution is 2.24. The molecule has 1 aromatic carbocycles. The van der Waals surface area contributed by atoms with Crippen LogP contribution in [-0.2, 0) is 6.61 Å². The van der Waals surface area contributed by atoms with E-state index in [1.807, 2.05) is 26.8 Å². The lowest BCUT2D eigenvalue weighted by atomic mass is 10.1. The highest BCUT2D eigenvalue weighted by molar-refractivity contribution is 5.85. The Bertz CT molecular complexity index is 650. The molecular weight excluding hydrogens is 254 g/mol. The third kappa shape index (κ3) is 3.15. The van der Waals surface area contributed by atoms with Gasteiger partial charge in [0.15, 0.2) is 0 Å². The minimum Gasteiger partial charge on any atom is -0.489 e. The Morgan fingerprint density at radius 3 is 2.70 bits per heavy atom. The summed E-state index contributed by atoms with van der Waals surface area (Å²) >= 11 is 0. The summed E-state index contributed by atoms with van der Waals surface area (Å²) in [5.41, 5.74) is 4.24. The zero-order valence-corrected chi connectivity index (χ0v) is 11.8. The molecule has 2 rings (SSSR count). The van der Waals surface area contributed by atoms with Crippen molar-refractivity contribution < 1.29 is 14.6 Å². The number of carboxylic acid groups (broad SMARTS) is 1. The normalized spacial score (nSPS) is 10.3. The van der Waals surface area contributed by atoms with Gasteiger partial charge in [-0.1, -0.05) is 6.07 Å². The number of nitrogens with zero attached hydrogens (tertiary/aromatic N) is 1. The van der Waals surface area contributed by atoms with Gasteiger partial charge in [0.05, 0.1) is 0 Å². The fourth-order valence-corrected chi connectivity index (χ4v) is 1.99. The van der Waals surface area contributed by atoms with Crippen molar-refractivity contribution in [3.63, 3.8) is 0 Å². The highest BCUT2D eigenvalue weighted by Gasteiger charge is 2.07. The van der Waals surface area contributed by atoms with Crippen LogP contribution in [0.2, 0.25) is 0 Å². The van der Waals surface area contributed by atoms with E-state index in [9.17, 15) is 4.79 Å². The molecule has 0 spiro atoms. The predicted octanol–water partition coefficient (Wildman–Crippen LogP) is 3.28. The van der Waals surface area contributed by atoms with E-state index in [4.69, 9.17) is 9.84 Å². The number of ether oxygens (including phenoxy) is 1. The van der Waals surface area contributed by atoms with E-state index in [-0.39, 0.29) is 5.69 Å². The van der Waals surface area contributed by atoms with E-state index in [1.165, 1.54) is 17.8 Å². The molecule has 1 N–H and O–H groups in total. The van der Waals surface area contributed by atoms with Crippen LogP contribution in [0.3, 0.4) is 0 Å². The van der Waals surface area contributed by atoms with Crippen molar-refractivity contribution in [2.75, 3.05) is 0 Å². The number of aryl methyl sites for hydroxylation is 2. The van der Waals surface area contributed by atoms with Crippen molar-refractivity contribution in [2.24, 2.45) is 0 Å². The molecule has 0 aliphatic heterocycles. The van der Waals surface area contributed by atoms with Crippen molar-refractivity contribution in [1.82, 2.24) is 4.98 Å². The van der Waals surface area contributed by atoms with Gasteiger partial charge in [-0.2, -0.15) is 0 Å². The van der Waals surface area contributed by atoms with Crippen LogP contribution in [0, 0.1) is 20.8 Å². The van der Waals surface area contributed by atoms with Crippen LogP contribution in [0.5, 0.6) is 5.75 Å². The number of benzene rings is 1. The minimum absolute atomic E-state index is 0.0308. The van der Waals surface area contributed by atoms with Gasteiger partial charge in [-0.3, -0.25) is 0 Å². The van der Waals surface area contributed by atoms with Crippen LogP contribution in [-0.4, -0.2) is 16.1 Å². The van der Waals surface area contributed by atoms with Gasteiger partial charge in [-0.05, 0) is 61.2 Å². The molecule has 2 aromatic rings. The van der Waals surface area contributed by atoms with Crippen LogP contribution >= 0.6 is 0 Å². The summed E-state index contributed by atoms with van der Waals surface area (Å²) < 4.78 is 5.80. The summed E-state index contributed by atoms with van der Waals surface area (Å²) in [7, 11) is 0. The first-order valence-electron chi connectivity index (χ1n) is 6.36. The van der Waals surface area contributed by atoms with E-state index in [1.54, 1.807) is 6.07 Å². The Morgan fingerprint density at radius 1 is 1.25 bits per heavy atom. The smallest absolute Gasteiger partial charge is 0.354 e. The topological polar surface area (TPSA) is 59.4 Å². The largest absolute Gasteiger partial charge is 0.489 e. The van der Waals surface area contributed by atoms with E-state index in [2.05, 4.69) is 11.1 Å². The molecule has 0 aliphatic rings. The number of rotatable bonds is 4. The maximum atomic E-state index is 10.9. The summed E-state index contributed by atoms with van der Waals surface area (Å²) in [5.74, 6) is -0.203. The molecule has 0 saturated carbocycles. The lowest BCUT2D eigenvalue weighted by Gasteiger charge is -2.12. The first kappa shape index (κ1) is 14.1. The van der Waals surface area contributed by atoms with Crippen molar-refractivity contribution in [3.05, 3.63) is 58.4 Å². The fraction of sp³-hybridized carbons (Fsp3) is 0.250. The van der Waals surface area contributed by atoms with E-state index >= 15 is 0 Å². The summed E-state index contributed by atoms with van der Waals surface area (Å²) in [6.45, 7) is 6.41. The number of carboxylic acids is 1. The molecule has 1 aromatic heterocycles. The van der Waals surface area contributed by atoms with E-state index in [0.29, 0.717) is 6.61 Å². The molecule has 104 valence electrons. The second-order valence-corrected chi connectivity index (χ2v) is 4.85. The predicted molar refractivity (Wildman–Crippen MR) is 76.2 cm³/mol. The van der Waals surface area contributed by atoms with Crippen molar-refractivity contribution >= 4 is 5.97 Å². The van der Waals surface area contributed by atoms with Gasteiger partial charge >= 0.3 is 5.97 Å². The molecule has 0 fully saturated rings. The molecule has 0 radical (unpaired) electrons. The maximum absolute atomic E-state index is 10.9. The second-order valence-electron chi connectivity index (χ2n) is 4.85. The van der Waals surface area contributed by atoms with Crippen molar-refractivity contribution in [3.8, 4) is 5.75 Å². The molecule has 0 saturated heterocycles. The number of hydrogen-bond donors (Lipinski definition) is 1. The summed E-state index contributed by atoms with van der Waals surface area (Å²) in [6, 6.07) is 7.38. The Morgan fingerprint density at radius 2 is 2.00 bits per heavy atom. The molecular formula is C16H17NO3. The van der Waals surface area contributed by atoms with E-state index in [0.717, 1.165) is 22.4 Å². The molecule has 20 heavy (non-hydrogen) atoms. The number of hydrogen-bond acceptors (Lipinski definition) is 3. The highest BCUT2D eigenvalue weighted by atomic mass is 16.5. The number of carbonyl (C=O) groups is 1. The summed E-state index contributed by atoms with van der Waals surface area (Å²) in [6.07, 6.45) is 1.48. The fourth-order valence-electron chi connectivity index (χ4n) is 1.99. The maximum Gasteiger partial charge on any atom is 0.354 e. The van der Waals surface area contributed by atoms with Gasteiger partial charge in [-0.15, -0.1) is 0 Å². The average molecular weight is 271 g/mol. The lowest BCUT2D eigenvalue weighted by molar-refractivity contribution is 0.0690. The first-order chi connectivity index (χ1) is 9.47. The second kappa shape index (κ2) is 5.74. The number of aromatic nitrogens is 1. The molecule has 1 heterocycles. The van der Waals surface area contributed by atoms with Gasteiger partial charge in [0.2, 0.25) is 0 Å². The number of pyridine rings is 1.